The Hall–Kier alpha value is -2.29. The van der Waals surface area contributed by atoms with Crippen molar-refractivity contribution in [3.05, 3.63) is 60.8 Å². The fraction of sp³-hybridized carbons (Fsp3) is 0.857. The van der Waals surface area contributed by atoms with Gasteiger partial charge < -0.3 is 27.9 Å². The van der Waals surface area contributed by atoms with E-state index in [0.29, 0.717) is 17.4 Å². The molecule has 2 atom stereocenters. The van der Waals surface area contributed by atoms with Gasteiger partial charge in [0.15, 0.2) is 6.10 Å². The van der Waals surface area contributed by atoms with E-state index in [4.69, 9.17) is 18.5 Å². The smallest absolute Gasteiger partial charge is 0.306 e. The molecule has 0 spiro atoms. The van der Waals surface area contributed by atoms with Gasteiger partial charge in [-0.15, -0.1) is 0 Å². The number of allylic oxidation sites excluding steroid dienone is 10. The van der Waals surface area contributed by atoms with Crippen LogP contribution in [0.2, 0.25) is 0 Å². The van der Waals surface area contributed by atoms with Crippen LogP contribution < -0.4 is 4.89 Å². The summed E-state index contributed by atoms with van der Waals surface area (Å²) in [5.41, 5.74) is 0. The summed E-state index contributed by atoms with van der Waals surface area (Å²) >= 11 is 0. The Morgan fingerprint density at radius 2 is 0.606 bits per heavy atom. The van der Waals surface area contributed by atoms with Crippen molar-refractivity contribution in [1.29, 1.82) is 0 Å². The molecule has 0 radical (unpaired) electrons. The maximum absolute atomic E-state index is 12.9. The second kappa shape index (κ2) is 74.9. The average Bonchev–Trinajstić information content (AvgIpc) is 1.56. The normalized spacial score (nSPS) is 13.3. The first-order chi connectivity index (χ1) is 46.0. The van der Waals surface area contributed by atoms with Crippen LogP contribution in [0.3, 0.4) is 0 Å². The van der Waals surface area contributed by atoms with Crippen molar-refractivity contribution >= 4 is 19.8 Å². The van der Waals surface area contributed by atoms with Gasteiger partial charge in [-0.2, -0.15) is 0 Å². The molecule has 2 unspecified atom stereocenters. The van der Waals surface area contributed by atoms with Gasteiger partial charge in [-0.3, -0.25) is 14.2 Å². The van der Waals surface area contributed by atoms with Gasteiger partial charge in [0.05, 0.1) is 27.7 Å². The van der Waals surface area contributed by atoms with Crippen molar-refractivity contribution < 1.29 is 42.1 Å². The Morgan fingerprint density at radius 3 is 0.904 bits per heavy atom. The molecule has 0 aromatic heterocycles. The lowest BCUT2D eigenvalue weighted by molar-refractivity contribution is -0.870. The minimum atomic E-state index is -4.64. The summed E-state index contributed by atoms with van der Waals surface area (Å²) in [7, 11) is 1.19. The fourth-order valence-corrected chi connectivity index (χ4v) is 13.1. The third kappa shape index (κ3) is 78.7. The number of rotatable bonds is 77. The van der Waals surface area contributed by atoms with Crippen LogP contribution in [0.15, 0.2) is 60.8 Å². The third-order valence-corrected chi connectivity index (χ3v) is 19.5. The number of phosphoric acid groups is 1. The summed E-state index contributed by atoms with van der Waals surface area (Å²) in [5, 5.41) is 0. The number of carbonyl (C=O) groups is 2. The Morgan fingerprint density at radius 1 is 0.340 bits per heavy atom. The molecule has 10 heteroatoms. The zero-order valence-corrected chi connectivity index (χ0v) is 64.1. The molecule has 0 aromatic carbocycles. The SMILES string of the molecule is CC/C=C\C/C=C\C/C=C\C/C=C\C/C=C\CCCCCCCCCCCCCCCCCCCCCCCC(=O)OC(COC(=O)CCCCCCCCCCCCCCCCCCCCCCCCCCCCCCCCCCC)COP(=O)([O-])OCC[N+](C)(C)C. The molecular formula is C84H158NO8P. The highest BCUT2D eigenvalue weighted by Gasteiger charge is 2.22. The molecular weight excluding hydrogens is 1180 g/mol. The van der Waals surface area contributed by atoms with Crippen molar-refractivity contribution in [3.8, 4) is 0 Å². The maximum atomic E-state index is 12.9. The first-order valence-electron chi connectivity index (χ1n) is 41.0. The number of ether oxygens (including phenoxy) is 2. The molecule has 0 aliphatic rings. The summed E-state index contributed by atoms with van der Waals surface area (Å²) in [5.74, 6) is -0.808. The highest BCUT2D eigenvalue weighted by atomic mass is 31.2. The highest BCUT2D eigenvalue weighted by molar-refractivity contribution is 7.45. The number of hydrogen-bond donors (Lipinski definition) is 0. The van der Waals surface area contributed by atoms with Gasteiger partial charge in [-0.25, -0.2) is 0 Å². The molecule has 0 aliphatic carbocycles. The zero-order valence-electron chi connectivity index (χ0n) is 63.2. The van der Waals surface area contributed by atoms with Crippen molar-refractivity contribution in [1.82, 2.24) is 0 Å². The molecule has 0 rings (SSSR count). The lowest BCUT2D eigenvalue weighted by Gasteiger charge is -2.28. The molecule has 0 heterocycles. The third-order valence-electron chi connectivity index (χ3n) is 18.6. The molecule has 0 fully saturated rings. The number of esters is 2. The van der Waals surface area contributed by atoms with E-state index in [2.05, 4.69) is 74.6 Å². The van der Waals surface area contributed by atoms with Gasteiger partial charge >= 0.3 is 11.9 Å². The Labute approximate surface area is 585 Å². The van der Waals surface area contributed by atoms with Crippen LogP contribution >= 0.6 is 7.82 Å². The number of hydrogen-bond acceptors (Lipinski definition) is 8. The minimum absolute atomic E-state index is 0.0281. The molecule has 0 bridgehead atoms. The molecule has 552 valence electrons. The van der Waals surface area contributed by atoms with Crippen LogP contribution in [0.5, 0.6) is 0 Å². The van der Waals surface area contributed by atoms with Crippen LogP contribution in [-0.4, -0.2) is 70.0 Å². The van der Waals surface area contributed by atoms with E-state index in [-0.39, 0.29) is 32.0 Å². The summed E-state index contributed by atoms with van der Waals surface area (Å²) in [4.78, 5) is 38.2. The van der Waals surface area contributed by atoms with Crippen LogP contribution in [0.1, 0.15) is 412 Å². The molecule has 0 aromatic rings. The topological polar surface area (TPSA) is 111 Å². The van der Waals surface area contributed by atoms with Crippen molar-refractivity contribution in [2.45, 2.75) is 418 Å². The number of carbonyl (C=O) groups excluding carboxylic acids is 2. The van der Waals surface area contributed by atoms with Crippen molar-refractivity contribution in [2.24, 2.45) is 0 Å². The molecule has 0 amide bonds. The largest absolute Gasteiger partial charge is 0.756 e. The highest BCUT2D eigenvalue weighted by Crippen LogP contribution is 2.38. The second-order valence-corrected chi connectivity index (χ2v) is 30.5. The summed E-state index contributed by atoms with van der Waals surface area (Å²) in [6.07, 6.45) is 101. The molecule has 0 saturated heterocycles. The first-order valence-corrected chi connectivity index (χ1v) is 42.5. The van der Waals surface area contributed by atoms with E-state index in [1.54, 1.807) is 0 Å². The van der Waals surface area contributed by atoms with Gasteiger partial charge in [0.25, 0.3) is 7.82 Å². The average molecular weight is 1340 g/mol. The maximum Gasteiger partial charge on any atom is 0.306 e. The molecule has 0 aliphatic heterocycles. The van der Waals surface area contributed by atoms with Gasteiger partial charge in [0.1, 0.15) is 19.8 Å². The zero-order chi connectivity index (χ0) is 68.3. The van der Waals surface area contributed by atoms with Gasteiger partial charge in [0, 0.05) is 12.8 Å². The summed E-state index contributed by atoms with van der Waals surface area (Å²) in [6, 6.07) is 0. The van der Waals surface area contributed by atoms with Gasteiger partial charge in [0.2, 0.25) is 0 Å². The molecule has 0 N–H and O–H groups in total. The van der Waals surface area contributed by atoms with Crippen molar-refractivity contribution in [3.63, 3.8) is 0 Å². The van der Waals surface area contributed by atoms with Gasteiger partial charge in [-0.05, 0) is 57.8 Å². The Bertz CT molecular complexity index is 1770. The fourth-order valence-electron chi connectivity index (χ4n) is 12.3. The number of nitrogens with zero attached hydrogens (tertiary/aromatic N) is 1. The van der Waals surface area contributed by atoms with Crippen LogP contribution in [-0.2, 0) is 32.7 Å². The van der Waals surface area contributed by atoms with E-state index in [0.717, 1.165) is 64.2 Å². The van der Waals surface area contributed by atoms with Crippen LogP contribution in [0.4, 0.5) is 0 Å². The van der Waals surface area contributed by atoms with E-state index in [1.807, 2.05) is 21.1 Å². The summed E-state index contributed by atoms with van der Waals surface area (Å²) < 4.78 is 34.4. The molecule has 9 nitrogen and oxygen atoms in total. The molecule has 94 heavy (non-hydrogen) atoms. The number of phosphoric ester groups is 1. The first kappa shape index (κ1) is 91.7. The lowest BCUT2D eigenvalue weighted by atomic mass is 10.0. The van der Waals surface area contributed by atoms with E-state index >= 15 is 0 Å². The predicted octanol–water partition coefficient (Wildman–Crippen LogP) is 26.7. The van der Waals surface area contributed by atoms with E-state index < -0.39 is 26.5 Å². The van der Waals surface area contributed by atoms with Crippen LogP contribution in [0, 0.1) is 0 Å². The van der Waals surface area contributed by atoms with Crippen LogP contribution in [0.25, 0.3) is 0 Å². The molecule has 0 saturated carbocycles. The number of quaternary nitrogens is 1. The standard InChI is InChI=1S/C84H158NO8P/c1-6-8-10-12-14-16-18-20-22-24-26-28-30-32-34-36-38-40-41-42-43-45-47-49-51-53-55-57-59-61-63-65-67-69-71-73-75-77-84(87)93-82(81-92-94(88,89)91-79-78-85(3,4)5)80-90-83(86)76-74-72-70-68-66-64-62-60-58-56-54-52-50-48-46-44-39-37-35-33-31-29-27-25-23-21-19-17-15-13-11-9-7-2/h8,10,14,16,20,22,26,28,32,34,82H,6-7,9,11-13,15,17-19,21,23-25,27,29-31,33,35-81H2,1-5H3/b10-8-,16-14-,22-20-,28-26-,34-32-. The quantitative estimate of drug-likeness (QED) is 0.0195. The lowest BCUT2D eigenvalue weighted by Crippen LogP contribution is -2.37. The monoisotopic (exact) mass is 1340 g/mol. The minimum Gasteiger partial charge on any atom is -0.756 e. The summed E-state index contributed by atoms with van der Waals surface area (Å²) in [6.45, 7) is 4.21. The number of likely N-dealkylation sites (N-methyl/N-ethyl adjacent to an activating group) is 1. The Balaban J connectivity index is 3.90. The number of unbranched alkanes of at least 4 members (excludes halogenated alkanes) is 53. The van der Waals surface area contributed by atoms with Gasteiger partial charge in [-0.1, -0.05) is 402 Å². The predicted molar refractivity (Wildman–Crippen MR) is 407 cm³/mol. The Kier molecular flexibility index (Phi) is 73.1. The second-order valence-electron chi connectivity index (χ2n) is 29.1. The van der Waals surface area contributed by atoms with Crippen molar-refractivity contribution in [2.75, 3.05) is 47.5 Å². The van der Waals surface area contributed by atoms with E-state index in [9.17, 15) is 19.0 Å². The van der Waals surface area contributed by atoms with E-state index in [1.165, 1.54) is 315 Å².